The number of halogens is 1. The molecule has 0 saturated heterocycles. The van der Waals surface area contributed by atoms with E-state index in [9.17, 15) is 18.0 Å². The van der Waals surface area contributed by atoms with Gasteiger partial charge in [0.1, 0.15) is 24.2 Å². The van der Waals surface area contributed by atoms with Gasteiger partial charge in [-0.3, -0.25) is 13.9 Å². The lowest BCUT2D eigenvalue weighted by atomic mass is 9.94. The SMILES string of the molecule is CCOc1ccccc1N(CC(=O)N(Cc1ccccc1F)[C@H](Cc1ccccc1)C(=O)NC1CCCCC1)S(=O)(=O)c1ccccc1. The molecule has 0 bridgehead atoms. The van der Waals surface area contributed by atoms with Crippen molar-refractivity contribution >= 4 is 27.5 Å². The summed E-state index contributed by atoms with van der Waals surface area (Å²) in [4.78, 5) is 30.2. The van der Waals surface area contributed by atoms with Crippen molar-refractivity contribution in [1.29, 1.82) is 0 Å². The summed E-state index contributed by atoms with van der Waals surface area (Å²) in [5.41, 5.74) is 1.19. The Labute approximate surface area is 282 Å². The number of ether oxygens (including phenoxy) is 1. The molecule has 0 radical (unpaired) electrons. The van der Waals surface area contributed by atoms with E-state index in [2.05, 4.69) is 5.32 Å². The van der Waals surface area contributed by atoms with Crippen LogP contribution in [0.1, 0.15) is 50.2 Å². The molecule has 0 unspecified atom stereocenters. The van der Waals surface area contributed by atoms with Crippen LogP contribution in [0.3, 0.4) is 0 Å². The third-order valence-electron chi connectivity index (χ3n) is 8.57. The highest BCUT2D eigenvalue weighted by Gasteiger charge is 2.36. The van der Waals surface area contributed by atoms with E-state index in [1.807, 2.05) is 30.3 Å². The summed E-state index contributed by atoms with van der Waals surface area (Å²) in [6.07, 6.45) is 4.92. The minimum absolute atomic E-state index is 0.0133. The molecule has 5 rings (SSSR count). The monoisotopic (exact) mass is 671 g/mol. The fourth-order valence-corrected chi connectivity index (χ4v) is 7.53. The van der Waals surface area contributed by atoms with Gasteiger partial charge in [0.2, 0.25) is 11.8 Å². The summed E-state index contributed by atoms with van der Waals surface area (Å²) in [6.45, 7) is 1.16. The molecule has 8 nitrogen and oxygen atoms in total. The third kappa shape index (κ3) is 8.60. The van der Waals surface area contributed by atoms with Crippen LogP contribution in [-0.2, 0) is 32.6 Å². The smallest absolute Gasteiger partial charge is 0.264 e. The van der Waals surface area contributed by atoms with Gasteiger partial charge < -0.3 is 15.0 Å². The van der Waals surface area contributed by atoms with Crippen molar-refractivity contribution in [3.63, 3.8) is 0 Å². The molecular weight excluding hydrogens is 629 g/mol. The molecule has 1 saturated carbocycles. The molecule has 1 fully saturated rings. The maximum absolute atomic E-state index is 15.2. The topological polar surface area (TPSA) is 96.0 Å². The summed E-state index contributed by atoms with van der Waals surface area (Å²) in [5, 5.41) is 3.16. The first-order valence-electron chi connectivity index (χ1n) is 16.4. The molecule has 1 aliphatic carbocycles. The number of carbonyl (C=O) groups excluding carboxylic acids is 2. The minimum Gasteiger partial charge on any atom is -0.492 e. The number of benzene rings is 4. The van der Waals surface area contributed by atoms with Gasteiger partial charge in [-0.05, 0) is 55.7 Å². The molecule has 0 aromatic heterocycles. The maximum atomic E-state index is 15.2. The van der Waals surface area contributed by atoms with Crippen LogP contribution in [0.4, 0.5) is 10.1 Å². The van der Waals surface area contributed by atoms with Crippen molar-refractivity contribution in [2.24, 2.45) is 0 Å². The molecule has 0 heterocycles. The average Bonchev–Trinajstić information content (AvgIpc) is 3.11. The van der Waals surface area contributed by atoms with Crippen molar-refractivity contribution < 1.29 is 27.1 Å². The molecule has 1 N–H and O–H groups in total. The lowest BCUT2D eigenvalue weighted by molar-refractivity contribution is -0.140. The highest BCUT2D eigenvalue weighted by atomic mass is 32.2. The second-order valence-corrected chi connectivity index (χ2v) is 13.7. The number of hydrogen-bond donors (Lipinski definition) is 1. The molecule has 1 atom stereocenters. The Balaban J connectivity index is 1.59. The van der Waals surface area contributed by atoms with Crippen LogP contribution in [0.15, 0.2) is 114 Å². The number of carbonyl (C=O) groups is 2. The Hall–Kier alpha value is -4.70. The largest absolute Gasteiger partial charge is 0.492 e. The molecular formula is C38H42FN3O5S. The van der Waals surface area contributed by atoms with Gasteiger partial charge in [0.15, 0.2) is 0 Å². The minimum atomic E-state index is -4.30. The number of nitrogens with zero attached hydrogens (tertiary/aromatic N) is 2. The first-order valence-corrected chi connectivity index (χ1v) is 17.9. The highest BCUT2D eigenvalue weighted by molar-refractivity contribution is 7.92. The summed E-state index contributed by atoms with van der Waals surface area (Å²) in [7, 11) is -4.30. The third-order valence-corrected chi connectivity index (χ3v) is 10.3. The van der Waals surface area contributed by atoms with E-state index in [0.29, 0.717) is 0 Å². The molecule has 0 aliphatic heterocycles. The van der Waals surface area contributed by atoms with Crippen molar-refractivity contribution in [3.8, 4) is 5.75 Å². The molecule has 4 aromatic carbocycles. The van der Waals surface area contributed by atoms with E-state index in [0.717, 1.165) is 42.0 Å². The zero-order chi connectivity index (χ0) is 33.9. The van der Waals surface area contributed by atoms with Crippen molar-refractivity contribution in [3.05, 3.63) is 126 Å². The van der Waals surface area contributed by atoms with Crippen molar-refractivity contribution in [2.75, 3.05) is 17.5 Å². The van der Waals surface area contributed by atoms with Crippen LogP contribution in [0.25, 0.3) is 0 Å². The van der Waals surface area contributed by atoms with Crippen LogP contribution in [0.5, 0.6) is 5.75 Å². The Morgan fingerprint density at radius 3 is 2.17 bits per heavy atom. The lowest BCUT2D eigenvalue weighted by Crippen LogP contribution is -2.55. The Kier molecular flexibility index (Phi) is 11.8. The van der Waals surface area contributed by atoms with Gasteiger partial charge in [-0.25, -0.2) is 12.8 Å². The average molecular weight is 672 g/mol. The molecule has 2 amide bonds. The van der Waals surface area contributed by atoms with Crippen molar-refractivity contribution in [2.45, 2.75) is 69.0 Å². The number of anilines is 1. The number of rotatable bonds is 14. The maximum Gasteiger partial charge on any atom is 0.264 e. The fourth-order valence-electron chi connectivity index (χ4n) is 6.08. The van der Waals surface area contributed by atoms with Gasteiger partial charge in [-0.2, -0.15) is 0 Å². The Bertz CT molecular complexity index is 1770. The van der Waals surface area contributed by atoms with E-state index >= 15 is 4.39 Å². The van der Waals surface area contributed by atoms with Crippen molar-refractivity contribution in [1.82, 2.24) is 10.2 Å². The number of nitrogens with one attached hydrogen (secondary N) is 1. The van der Waals surface area contributed by atoms with E-state index in [4.69, 9.17) is 4.74 Å². The lowest BCUT2D eigenvalue weighted by Gasteiger charge is -2.35. The fraction of sp³-hybridized carbons (Fsp3) is 0.316. The number of hydrogen-bond acceptors (Lipinski definition) is 5. The predicted molar refractivity (Wildman–Crippen MR) is 184 cm³/mol. The van der Waals surface area contributed by atoms with E-state index in [1.54, 1.807) is 67.6 Å². The van der Waals surface area contributed by atoms with Gasteiger partial charge in [0.05, 0.1) is 17.2 Å². The van der Waals surface area contributed by atoms with Crippen LogP contribution in [0.2, 0.25) is 0 Å². The van der Waals surface area contributed by atoms with Crippen LogP contribution < -0.4 is 14.4 Å². The van der Waals surface area contributed by atoms with Crippen LogP contribution >= 0.6 is 0 Å². The molecule has 252 valence electrons. The summed E-state index contributed by atoms with van der Waals surface area (Å²) >= 11 is 0. The summed E-state index contributed by atoms with van der Waals surface area (Å²) in [6, 6.07) is 28.8. The second-order valence-electron chi connectivity index (χ2n) is 11.9. The van der Waals surface area contributed by atoms with Gasteiger partial charge >= 0.3 is 0 Å². The quantitative estimate of drug-likeness (QED) is 0.165. The summed E-state index contributed by atoms with van der Waals surface area (Å²) < 4.78 is 50.6. The zero-order valence-corrected chi connectivity index (χ0v) is 27.9. The number of para-hydroxylation sites is 2. The van der Waals surface area contributed by atoms with E-state index in [1.165, 1.54) is 23.1 Å². The first kappa shape index (κ1) is 34.6. The van der Waals surface area contributed by atoms with E-state index in [-0.39, 0.29) is 53.4 Å². The second kappa shape index (κ2) is 16.4. The van der Waals surface area contributed by atoms with Gasteiger partial charge in [-0.1, -0.05) is 98.1 Å². The number of amides is 2. The van der Waals surface area contributed by atoms with Gasteiger partial charge in [0.25, 0.3) is 10.0 Å². The molecule has 1 aliphatic rings. The summed E-state index contributed by atoms with van der Waals surface area (Å²) in [5.74, 6) is -1.27. The first-order chi connectivity index (χ1) is 23.3. The molecule has 10 heteroatoms. The molecule has 48 heavy (non-hydrogen) atoms. The van der Waals surface area contributed by atoms with Gasteiger partial charge in [0, 0.05) is 24.6 Å². The Morgan fingerprint density at radius 1 is 0.854 bits per heavy atom. The standard InChI is InChI=1S/C38H42FN3O5S/c1-2-47-36-25-15-14-24-34(36)42(48(45,46)32-21-10-5-11-22-32)28-37(43)41(27-30-18-12-13-23-33(30)39)35(26-29-16-6-3-7-17-29)38(44)40-31-19-8-4-9-20-31/h3,5-7,10-18,21-25,31,35H,2,4,8-9,19-20,26-28H2,1H3,(H,40,44)/t35-/m1/s1. The molecule has 0 spiro atoms. The normalized spacial score (nSPS) is 14.1. The van der Waals surface area contributed by atoms with Crippen LogP contribution in [-0.4, -0.2) is 50.4 Å². The van der Waals surface area contributed by atoms with E-state index < -0.39 is 34.3 Å². The molecule has 4 aromatic rings. The zero-order valence-electron chi connectivity index (χ0n) is 27.1. The predicted octanol–water partition coefficient (Wildman–Crippen LogP) is 6.51. The van der Waals surface area contributed by atoms with Gasteiger partial charge in [-0.15, -0.1) is 0 Å². The van der Waals surface area contributed by atoms with Crippen LogP contribution in [0, 0.1) is 5.82 Å². The Morgan fingerprint density at radius 2 is 1.48 bits per heavy atom. The number of sulfonamides is 1. The highest BCUT2D eigenvalue weighted by Crippen LogP contribution is 2.33.